The number of likely N-dealkylation sites (tertiary alicyclic amines) is 1. The van der Waals surface area contributed by atoms with Crippen molar-refractivity contribution in [3.05, 3.63) is 52.0 Å². The van der Waals surface area contributed by atoms with Gasteiger partial charge < -0.3 is 24.7 Å². The number of anilines is 1. The Kier molecular flexibility index (Phi) is 8.09. The van der Waals surface area contributed by atoms with Crippen LogP contribution in [-0.2, 0) is 11.3 Å². The molecular formula is C27H33Cl2FN4O3. The third-order valence-corrected chi connectivity index (χ3v) is 7.35. The van der Waals surface area contributed by atoms with Gasteiger partial charge in [-0.25, -0.2) is 14.2 Å². The Morgan fingerprint density at radius 3 is 2.62 bits per heavy atom. The van der Waals surface area contributed by atoms with Gasteiger partial charge in [0.1, 0.15) is 17.5 Å². The number of nitrogens with zero attached hydrogens (tertiary/aromatic N) is 3. The van der Waals surface area contributed by atoms with Gasteiger partial charge in [-0.2, -0.15) is 0 Å². The molecule has 200 valence electrons. The van der Waals surface area contributed by atoms with Crippen LogP contribution in [0.4, 0.5) is 15.0 Å². The molecule has 0 aliphatic carbocycles. The Bertz CT molecular complexity index is 1280. The normalized spacial score (nSPS) is 15.7. The molecule has 1 atom stereocenters. The van der Waals surface area contributed by atoms with Gasteiger partial charge >= 0.3 is 6.09 Å². The first-order valence-corrected chi connectivity index (χ1v) is 13.2. The molecule has 2 N–H and O–H groups in total. The molecule has 7 nitrogen and oxygen atoms in total. The van der Waals surface area contributed by atoms with Gasteiger partial charge in [-0.3, -0.25) is 0 Å². The number of ether oxygens (including phenoxy) is 2. The number of fused-ring (bicyclic) bond motifs is 1. The van der Waals surface area contributed by atoms with Crippen LogP contribution >= 0.6 is 23.2 Å². The summed E-state index contributed by atoms with van der Waals surface area (Å²) in [6.45, 7) is 9.57. The van der Waals surface area contributed by atoms with E-state index in [1.54, 1.807) is 18.0 Å². The highest BCUT2D eigenvalue weighted by atomic mass is 35.5. The summed E-state index contributed by atoms with van der Waals surface area (Å²) in [4.78, 5) is 18.5. The highest BCUT2D eigenvalue weighted by molar-refractivity contribution is 6.36. The predicted octanol–water partition coefficient (Wildman–Crippen LogP) is 7.24. The molecule has 0 bridgehead atoms. The average molecular weight is 551 g/mol. The number of nitrogen functional groups attached to an aromatic ring is 1. The first kappa shape index (κ1) is 27.3. The van der Waals surface area contributed by atoms with E-state index in [2.05, 4.69) is 9.55 Å². The van der Waals surface area contributed by atoms with E-state index < -0.39 is 17.5 Å². The van der Waals surface area contributed by atoms with Crippen LogP contribution in [0.2, 0.25) is 10.0 Å². The number of piperidine rings is 1. The number of rotatable bonds is 6. The number of carbonyl (C=O) groups excluding carboxylic acids is 1. The third-order valence-electron chi connectivity index (χ3n) is 6.63. The highest BCUT2D eigenvalue weighted by Crippen LogP contribution is 2.39. The number of amides is 1. The number of pyridine rings is 1. The molecule has 3 heterocycles. The molecular weight excluding hydrogens is 518 g/mol. The lowest BCUT2D eigenvalue weighted by atomic mass is 9.94. The Morgan fingerprint density at radius 2 is 1.95 bits per heavy atom. The minimum absolute atomic E-state index is 0.0750. The molecule has 4 rings (SSSR count). The second kappa shape index (κ2) is 11.0. The number of hydrogen-bond acceptors (Lipinski definition) is 5. The largest absolute Gasteiger partial charge is 0.481 e. The zero-order valence-electron chi connectivity index (χ0n) is 21.6. The first-order chi connectivity index (χ1) is 17.4. The highest BCUT2D eigenvalue weighted by Gasteiger charge is 2.27. The molecule has 0 spiro atoms. The van der Waals surface area contributed by atoms with Crippen molar-refractivity contribution in [1.82, 2.24) is 14.5 Å². The summed E-state index contributed by atoms with van der Waals surface area (Å²) in [6.07, 6.45) is 5.67. The van der Waals surface area contributed by atoms with E-state index in [-0.39, 0.29) is 16.9 Å². The molecule has 1 aromatic carbocycles. The average Bonchev–Trinajstić information content (AvgIpc) is 3.24. The van der Waals surface area contributed by atoms with Crippen LogP contribution in [-0.4, -0.2) is 39.2 Å². The number of carbonyl (C=O) groups is 1. The summed E-state index contributed by atoms with van der Waals surface area (Å²) in [5.74, 6) is 0.580. The van der Waals surface area contributed by atoms with Crippen molar-refractivity contribution in [2.45, 2.75) is 65.2 Å². The van der Waals surface area contributed by atoms with Crippen LogP contribution in [0.5, 0.6) is 5.75 Å². The fraction of sp³-hybridized carbons (Fsp3) is 0.481. The van der Waals surface area contributed by atoms with Gasteiger partial charge in [0, 0.05) is 41.8 Å². The van der Waals surface area contributed by atoms with E-state index in [9.17, 15) is 9.18 Å². The van der Waals surface area contributed by atoms with Crippen molar-refractivity contribution in [2.24, 2.45) is 5.92 Å². The van der Waals surface area contributed by atoms with Crippen molar-refractivity contribution in [2.75, 3.05) is 18.8 Å². The van der Waals surface area contributed by atoms with Crippen LogP contribution < -0.4 is 10.5 Å². The van der Waals surface area contributed by atoms with Crippen LogP contribution in [0.15, 0.2) is 30.6 Å². The smallest absolute Gasteiger partial charge is 0.410 e. The molecule has 0 saturated carbocycles. The van der Waals surface area contributed by atoms with Gasteiger partial charge in [-0.15, -0.1) is 0 Å². The van der Waals surface area contributed by atoms with Crippen molar-refractivity contribution in [3.8, 4) is 5.75 Å². The van der Waals surface area contributed by atoms with Crippen LogP contribution in [0, 0.1) is 11.7 Å². The summed E-state index contributed by atoms with van der Waals surface area (Å²) in [5, 5.41) is 1.05. The zero-order valence-corrected chi connectivity index (χ0v) is 23.1. The fourth-order valence-electron chi connectivity index (χ4n) is 4.67. The number of halogens is 3. The molecule has 1 fully saturated rings. The number of hydrogen-bond donors (Lipinski definition) is 1. The Morgan fingerprint density at radius 1 is 1.24 bits per heavy atom. The lowest BCUT2D eigenvalue weighted by Crippen LogP contribution is -2.41. The second-order valence-electron chi connectivity index (χ2n) is 10.5. The number of nitrogens with two attached hydrogens (primary N) is 1. The summed E-state index contributed by atoms with van der Waals surface area (Å²) in [7, 11) is 0. The molecule has 37 heavy (non-hydrogen) atoms. The van der Waals surface area contributed by atoms with E-state index in [1.165, 1.54) is 12.1 Å². The summed E-state index contributed by atoms with van der Waals surface area (Å²) in [6, 6.07) is 4.61. The van der Waals surface area contributed by atoms with Gasteiger partial charge in [0.15, 0.2) is 11.6 Å². The predicted molar refractivity (Wildman–Crippen MR) is 145 cm³/mol. The van der Waals surface area contributed by atoms with E-state index >= 15 is 0 Å². The number of aryl methyl sites for hydroxylation is 1. The molecule has 0 radical (unpaired) electrons. The van der Waals surface area contributed by atoms with E-state index in [4.69, 9.17) is 38.4 Å². The Labute approximate surface area is 226 Å². The second-order valence-corrected chi connectivity index (χ2v) is 11.3. The molecule has 3 aromatic rings. The summed E-state index contributed by atoms with van der Waals surface area (Å²) >= 11 is 12.5. The van der Waals surface area contributed by atoms with Crippen LogP contribution in [0.3, 0.4) is 0 Å². The molecule has 1 amide bonds. The standard InChI is InChI=1S/C27H33Cl2FN4O3/c1-16(22-19(28)5-6-20(30)23(22)29)36-24-18-10-14-33(21(18)15-32-25(24)31)11-7-17-8-12-34(13-9-17)26(35)37-27(2,3)4/h5-6,10,14-17H,7-9,11-13H2,1-4H3,(H2,31,32). The molecule has 1 aliphatic rings. The molecule has 10 heteroatoms. The zero-order chi connectivity index (χ0) is 26.9. The van der Waals surface area contributed by atoms with E-state index in [1.807, 2.05) is 33.0 Å². The van der Waals surface area contributed by atoms with E-state index in [0.29, 0.717) is 35.3 Å². The summed E-state index contributed by atoms with van der Waals surface area (Å²) < 4.78 is 27.8. The maximum atomic E-state index is 14.0. The van der Waals surface area contributed by atoms with Gasteiger partial charge in [-0.1, -0.05) is 23.2 Å². The van der Waals surface area contributed by atoms with Gasteiger partial charge in [0.25, 0.3) is 0 Å². The fourth-order valence-corrected chi connectivity index (χ4v) is 5.35. The van der Waals surface area contributed by atoms with E-state index in [0.717, 1.165) is 36.7 Å². The minimum Gasteiger partial charge on any atom is -0.481 e. The molecule has 2 aromatic heterocycles. The first-order valence-electron chi connectivity index (χ1n) is 12.5. The molecule has 1 aliphatic heterocycles. The van der Waals surface area contributed by atoms with Crippen molar-refractivity contribution in [1.29, 1.82) is 0 Å². The van der Waals surface area contributed by atoms with Crippen molar-refractivity contribution in [3.63, 3.8) is 0 Å². The Hall–Kier alpha value is -2.71. The van der Waals surface area contributed by atoms with Gasteiger partial charge in [0.05, 0.1) is 16.7 Å². The Balaban J connectivity index is 1.43. The van der Waals surface area contributed by atoms with Crippen molar-refractivity contribution < 1.29 is 18.7 Å². The molecule has 1 saturated heterocycles. The van der Waals surface area contributed by atoms with Crippen LogP contribution in [0.25, 0.3) is 10.9 Å². The third kappa shape index (κ3) is 6.24. The van der Waals surface area contributed by atoms with Crippen LogP contribution in [0.1, 0.15) is 58.6 Å². The molecule has 1 unspecified atom stereocenters. The SMILES string of the molecule is CC(Oc1c(N)ncc2c1ccn2CCC1CCN(C(=O)OC(C)(C)C)CC1)c1c(Cl)ccc(F)c1Cl. The maximum absolute atomic E-state index is 14.0. The lowest BCUT2D eigenvalue weighted by molar-refractivity contribution is 0.0180. The topological polar surface area (TPSA) is 82.6 Å². The van der Waals surface area contributed by atoms with Gasteiger partial charge in [0.2, 0.25) is 0 Å². The van der Waals surface area contributed by atoms with Crippen molar-refractivity contribution >= 4 is 46.0 Å². The maximum Gasteiger partial charge on any atom is 0.410 e. The summed E-state index contributed by atoms with van der Waals surface area (Å²) in [5.41, 5.74) is 6.92. The monoisotopic (exact) mass is 550 g/mol. The number of aromatic nitrogens is 2. The van der Waals surface area contributed by atoms with Gasteiger partial charge in [-0.05, 0) is 71.1 Å². The quantitative estimate of drug-likeness (QED) is 0.327. The minimum atomic E-state index is -0.649. The number of benzene rings is 1. The lowest BCUT2D eigenvalue weighted by Gasteiger charge is -2.33.